The molecular weight excluding hydrogens is 184 g/mol. The summed E-state index contributed by atoms with van der Waals surface area (Å²) in [5.74, 6) is -0.876. The third-order valence-electron chi connectivity index (χ3n) is 2.24. The lowest BCUT2D eigenvalue weighted by atomic mass is 10.1. The van der Waals surface area contributed by atoms with Crippen molar-refractivity contribution in [1.29, 1.82) is 0 Å². The van der Waals surface area contributed by atoms with E-state index in [-0.39, 0.29) is 5.97 Å². The van der Waals surface area contributed by atoms with Crippen molar-refractivity contribution in [2.24, 2.45) is 0 Å². The quantitative estimate of drug-likeness (QED) is 0.506. The van der Waals surface area contributed by atoms with Crippen LogP contribution in [0.5, 0.6) is 0 Å². The lowest BCUT2D eigenvalue weighted by Crippen LogP contribution is -2.28. The van der Waals surface area contributed by atoms with Gasteiger partial charge in [0, 0.05) is 12.5 Å². The van der Waals surface area contributed by atoms with E-state index in [1.54, 1.807) is 6.08 Å². The van der Waals surface area contributed by atoms with E-state index in [9.17, 15) is 4.79 Å². The van der Waals surface area contributed by atoms with Crippen LogP contribution in [0.25, 0.3) is 0 Å². The first-order valence-corrected chi connectivity index (χ1v) is 4.75. The van der Waals surface area contributed by atoms with Gasteiger partial charge in [-0.1, -0.05) is 13.0 Å². The summed E-state index contributed by atoms with van der Waals surface area (Å²) in [4.78, 5) is 10.8. The molecule has 4 nitrogen and oxygen atoms in total. The molecule has 1 fully saturated rings. The van der Waals surface area contributed by atoms with Crippen LogP contribution >= 0.6 is 0 Å². The SMILES string of the molecule is CCC1(C/C=C/C(=O)OC)OCCO1. The van der Waals surface area contributed by atoms with Gasteiger partial charge in [-0.25, -0.2) is 4.79 Å². The summed E-state index contributed by atoms with van der Waals surface area (Å²) in [5.41, 5.74) is 0. The van der Waals surface area contributed by atoms with E-state index < -0.39 is 5.79 Å². The molecule has 0 spiro atoms. The number of rotatable bonds is 4. The maximum Gasteiger partial charge on any atom is 0.330 e. The van der Waals surface area contributed by atoms with Crippen LogP contribution in [0.3, 0.4) is 0 Å². The van der Waals surface area contributed by atoms with E-state index >= 15 is 0 Å². The Labute approximate surface area is 83.8 Å². The summed E-state index contributed by atoms with van der Waals surface area (Å²) in [6, 6.07) is 0. The van der Waals surface area contributed by atoms with Gasteiger partial charge in [0.1, 0.15) is 0 Å². The fourth-order valence-corrected chi connectivity index (χ4v) is 1.37. The van der Waals surface area contributed by atoms with Crippen LogP contribution in [0, 0.1) is 0 Å². The number of hydrogen-bond acceptors (Lipinski definition) is 4. The molecule has 80 valence electrons. The van der Waals surface area contributed by atoms with Crippen LogP contribution in [0.1, 0.15) is 19.8 Å². The van der Waals surface area contributed by atoms with Crippen LogP contribution in [0.15, 0.2) is 12.2 Å². The minimum Gasteiger partial charge on any atom is -0.466 e. The fourth-order valence-electron chi connectivity index (χ4n) is 1.37. The van der Waals surface area contributed by atoms with Gasteiger partial charge in [-0.3, -0.25) is 0 Å². The van der Waals surface area contributed by atoms with Crippen LogP contribution in [0.4, 0.5) is 0 Å². The Balaban J connectivity index is 2.41. The molecule has 1 rings (SSSR count). The van der Waals surface area contributed by atoms with Crippen molar-refractivity contribution in [3.8, 4) is 0 Å². The predicted octanol–water partition coefficient (Wildman–Crippen LogP) is 1.26. The molecule has 0 aromatic heterocycles. The van der Waals surface area contributed by atoms with Crippen molar-refractivity contribution in [1.82, 2.24) is 0 Å². The number of carbonyl (C=O) groups excluding carboxylic acids is 1. The van der Waals surface area contributed by atoms with E-state index in [0.717, 1.165) is 6.42 Å². The third-order valence-corrected chi connectivity index (χ3v) is 2.24. The molecule has 0 N–H and O–H groups in total. The largest absolute Gasteiger partial charge is 0.466 e. The van der Waals surface area contributed by atoms with Gasteiger partial charge in [-0.05, 0) is 6.42 Å². The Hall–Kier alpha value is -0.870. The molecule has 0 amide bonds. The molecule has 1 saturated heterocycles. The number of hydrogen-bond donors (Lipinski definition) is 0. The lowest BCUT2D eigenvalue weighted by molar-refractivity contribution is -0.155. The second kappa shape index (κ2) is 5.12. The van der Waals surface area contributed by atoms with Gasteiger partial charge in [0.2, 0.25) is 0 Å². The first-order valence-electron chi connectivity index (χ1n) is 4.75. The maximum absolute atomic E-state index is 10.8. The number of esters is 1. The smallest absolute Gasteiger partial charge is 0.330 e. The molecule has 1 aliphatic rings. The zero-order valence-electron chi connectivity index (χ0n) is 8.62. The first-order chi connectivity index (χ1) is 6.72. The Morgan fingerprint density at radius 1 is 1.50 bits per heavy atom. The van der Waals surface area contributed by atoms with E-state index in [4.69, 9.17) is 9.47 Å². The molecule has 0 saturated carbocycles. The van der Waals surface area contributed by atoms with E-state index in [1.165, 1.54) is 13.2 Å². The van der Waals surface area contributed by atoms with Crippen LogP contribution in [-0.2, 0) is 19.0 Å². The Morgan fingerprint density at radius 2 is 2.14 bits per heavy atom. The normalized spacial score (nSPS) is 20.1. The monoisotopic (exact) mass is 200 g/mol. The minimum atomic E-state index is -0.523. The summed E-state index contributed by atoms with van der Waals surface area (Å²) in [7, 11) is 1.35. The van der Waals surface area contributed by atoms with Crippen molar-refractivity contribution in [3.63, 3.8) is 0 Å². The second-order valence-corrected chi connectivity index (χ2v) is 3.09. The molecule has 0 unspecified atom stereocenters. The molecule has 14 heavy (non-hydrogen) atoms. The number of carbonyl (C=O) groups is 1. The molecule has 1 heterocycles. The van der Waals surface area contributed by atoms with Crippen molar-refractivity contribution >= 4 is 5.97 Å². The van der Waals surface area contributed by atoms with Crippen LogP contribution < -0.4 is 0 Å². The minimum absolute atomic E-state index is 0.353. The van der Waals surface area contributed by atoms with Crippen LogP contribution in [-0.4, -0.2) is 32.1 Å². The summed E-state index contributed by atoms with van der Waals surface area (Å²) in [6.45, 7) is 3.25. The highest BCUT2D eigenvalue weighted by molar-refractivity contribution is 5.81. The van der Waals surface area contributed by atoms with Gasteiger partial charge in [0.15, 0.2) is 5.79 Å². The van der Waals surface area contributed by atoms with Gasteiger partial charge in [0.05, 0.1) is 20.3 Å². The Bertz CT molecular complexity index is 216. The lowest BCUT2D eigenvalue weighted by Gasteiger charge is -2.23. The summed E-state index contributed by atoms with van der Waals surface area (Å²) in [6.07, 6.45) is 4.47. The average molecular weight is 200 g/mol. The van der Waals surface area contributed by atoms with Crippen molar-refractivity contribution in [3.05, 3.63) is 12.2 Å². The van der Waals surface area contributed by atoms with Gasteiger partial charge in [-0.2, -0.15) is 0 Å². The van der Waals surface area contributed by atoms with Crippen molar-refractivity contribution < 1.29 is 19.0 Å². The van der Waals surface area contributed by atoms with Crippen molar-refractivity contribution in [2.45, 2.75) is 25.6 Å². The molecule has 0 bridgehead atoms. The van der Waals surface area contributed by atoms with E-state index in [1.807, 2.05) is 6.92 Å². The summed E-state index contributed by atoms with van der Waals surface area (Å²) >= 11 is 0. The standard InChI is InChI=1S/C10H16O4/c1-3-10(13-7-8-14-10)6-4-5-9(11)12-2/h4-5H,3,6-8H2,1-2H3/b5-4+. The predicted molar refractivity (Wildman–Crippen MR) is 50.7 cm³/mol. The zero-order valence-corrected chi connectivity index (χ0v) is 8.62. The molecule has 4 heteroatoms. The first kappa shape index (κ1) is 11.2. The van der Waals surface area contributed by atoms with E-state index in [0.29, 0.717) is 19.6 Å². The average Bonchev–Trinajstić information content (AvgIpc) is 2.67. The highest BCUT2D eigenvalue weighted by Gasteiger charge is 2.33. The van der Waals surface area contributed by atoms with Crippen LogP contribution in [0.2, 0.25) is 0 Å². The molecule has 1 aliphatic heterocycles. The molecular formula is C10H16O4. The molecule has 0 aromatic carbocycles. The molecule has 0 aliphatic carbocycles. The van der Waals surface area contributed by atoms with E-state index in [2.05, 4.69) is 4.74 Å². The van der Waals surface area contributed by atoms with Gasteiger partial charge in [0.25, 0.3) is 0 Å². The Morgan fingerprint density at radius 3 is 2.64 bits per heavy atom. The molecule has 0 atom stereocenters. The zero-order chi connectivity index (χ0) is 10.4. The molecule has 0 aromatic rings. The van der Waals surface area contributed by atoms with Gasteiger partial charge in [-0.15, -0.1) is 0 Å². The fraction of sp³-hybridized carbons (Fsp3) is 0.700. The Kier molecular flexibility index (Phi) is 4.10. The van der Waals surface area contributed by atoms with Gasteiger partial charge >= 0.3 is 5.97 Å². The highest BCUT2D eigenvalue weighted by atomic mass is 16.7. The highest BCUT2D eigenvalue weighted by Crippen LogP contribution is 2.27. The van der Waals surface area contributed by atoms with Gasteiger partial charge < -0.3 is 14.2 Å². The second-order valence-electron chi connectivity index (χ2n) is 3.09. The van der Waals surface area contributed by atoms with Crippen molar-refractivity contribution in [2.75, 3.05) is 20.3 Å². The maximum atomic E-state index is 10.8. The summed E-state index contributed by atoms with van der Waals surface area (Å²) in [5, 5.41) is 0. The summed E-state index contributed by atoms with van der Waals surface area (Å²) < 4.78 is 15.4. The third kappa shape index (κ3) is 2.82. The topological polar surface area (TPSA) is 44.8 Å². The number of ether oxygens (including phenoxy) is 3. The molecule has 0 radical (unpaired) electrons. The number of methoxy groups -OCH3 is 1.